The number of alkyl halides is 1. The third-order valence-corrected chi connectivity index (χ3v) is 6.61. The van der Waals surface area contributed by atoms with Gasteiger partial charge in [-0.05, 0) is 32.3 Å². The number of nitrogens with zero attached hydrogens (tertiary/aromatic N) is 2. The van der Waals surface area contributed by atoms with Crippen LogP contribution in [0.3, 0.4) is 0 Å². The molecule has 7 nitrogen and oxygen atoms in total. The molecule has 2 aromatic rings. The van der Waals surface area contributed by atoms with Crippen molar-refractivity contribution in [2.75, 3.05) is 37.7 Å². The van der Waals surface area contributed by atoms with E-state index in [0.29, 0.717) is 74.9 Å². The molecule has 2 N–H and O–H groups in total. The molecule has 8 heteroatoms. The number of piperidine rings is 1. The molecule has 0 aliphatic carbocycles. The molecule has 0 radical (unpaired) electrons. The summed E-state index contributed by atoms with van der Waals surface area (Å²) in [6.45, 7) is 9.83. The molecule has 3 heterocycles. The van der Waals surface area contributed by atoms with E-state index >= 15 is 0 Å². The second-order valence-corrected chi connectivity index (χ2v) is 8.55. The van der Waals surface area contributed by atoms with E-state index in [1.807, 2.05) is 30.9 Å². The fraction of sp³-hybridized carbons (Fsp3) is 0.480. The molecule has 0 bridgehead atoms. The number of halogens is 1. The van der Waals surface area contributed by atoms with Gasteiger partial charge in [0, 0.05) is 43.1 Å². The number of hydrogen-bond acceptors (Lipinski definition) is 5. The van der Waals surface area contributed by atoms with Crippen molar-refractivity contribution in [3.63, 3.8) is 0 Å². The first-order chi connectivity index (χ1) is 15.9. The quantitative estimate of drug-likeness (QED) is 0.580. The minimum absolute atomic E-state index is 0.112. The Labute approximate surface area is 193 Å². The number of nitrogens with one attached hydrogen (secondary N) is 1. The number of phenols is 1. The van der Waals surface area contributed by atoms with E-state index in [2.05, 4.69) is 11.6 Å². The number of likely N-dealkylation sites (tertiary alicyclic amines) is 1. The predicted molar refractivity (Wildman–Crippen MR) is 125 cm³/mol. The van der Waals surface area contributed by atoms with Crippen molar-refractivity contribution in [2.45, 2.75) is 44.9 Å². The number of phenolic OH excluding ortho intramolecular Hbond substituents is 1. The van der Waals surface area contributed by atoms with Gasteiger partial charge in [-0.3, -0.25) is 4.79 Å². The van der Waals surface area contributed by atoms with Crippen molar-refractivity contribution in [2.24, 2.45) is 0 Å². The van der Waals surface area contributed by atoms with Crippen LogP contribution in [0.2, 0.25) is 0 Å². The van der Waals surface area contributed by atoms with E-state index in [9.17, 15) is 14.3 Å². The summed E-state index contributed by atoms with van der Waals surface area (Å²) in [6, 6.07) is 7.11. The Hall–Kier alpha value is -3.00. The highest BCUT2D eigenvalue weighted by Crippen LogP contribution is 2.40. The first-order valence-electron chi connectivity index (χ1n) is 11.6. The van der Waals surface area contributed by atoms with Crippen LogP contribution >= 0.6 is 0 Å². The lowest BCUT2D eigenvalue weighted by molar-refractivity contribution is 0.0416. The smallest absolute Gasteiger partial charge is 0.270 e. The lowest BCUT2D eigenvalue weighted by atomic mass is 9.91. The van der Waals surface area contributed by atoms with Crippen LogP contribution < -0.4 is 9.64 Å². The number of aromatic hydroxyl groups is 1. The van der Waals surface area contributed by atoms with E-state index in [1.165, 1.54) is 0 Å². The molecule has 178 valence electrons. The SMILES string of the molecule is C=C[C@H](OCC)c1ccc(N2CCOc3cc(C(=O)N4CCC(F)(CC)CC4)[nH]c32)cc1O. The Morgan fingerprint density at radius 2 is 2.09 bits per heavy atom. The molecule has 2 aliphatic rings. The van der Waals surface area contributed by atoms with E-state index < -0.39 is 5.67 Å². The van der Waals surface area contributed by atoms with Crippen LogP contribution in [0.4, 0.5) is 15.9 Å². The van der Waals surface area contributed by atoms with Crippen LogP contribution in [0, 0.1) is 0 Å². The average Bonchev–Trinajstić information content (AvgIpc) is 3.27. The largest absolute Gasteiger partial charge is 0.507 e. The topological polar surface area (TPSA) is 78.0 Å². The molecule has 2 aliphatic heterocycles. The Morgan fingerprint density at radius 3 is 2.73 bits per heavy atom. The Balaban J connectivity index is 1.55. The van der Waals surface area contributed by atoms with Crippen LogP contribution in [0.1, 0.15) is 55.3 Å². The van der Waals surface area contributed by atoms with Crippen molar-refractivity contribution in [3.05, 3.63) is 48.2 Å². The van der Waals surface area contributed by atoms with Crippen LogP contribution in [-0.4, -0.2) is 59.4 Å². The van der Waals surface area contributed by atoms with Crippen molar-refractivity contribution in [3.8, 4) is 11.5 Å². The molecule has 1 aromatic heterocycles. The number of carbonyl (C=O) groups excluding carboxylic acids is 1. The molecule has 4 rings (SSSR count). The normalized spacial score (nSPS) is 18.4. The minimum atomic E-state index is -1.17. The fourth-order valence-corrected chi connectivity index (χ4v) is 4.51. The Morgan fingerprint density at radius 1 is 1.33 bits per heavy atom. The fourth-order valence-electron chi connectivity index (χ4n) is 4.51. The summed E-state index contributed by atoms with van der Waals surface area (Å²) < 4.78 is 25.9. The number of rotatable bonds is 7. The molecule has 1 fully saturated rings. The van der Waals surface area contributed by atoms with Crippen LogP contribution in [0.5, 0.6) is 11.5 Å². The summed E-state index contributed by atoms with van der Waals surface area (Å²) in [5.41, 5.74) is 0.655. The number of aromatic nitrogens is 1. The van der Waals surface area contributed by atoms with Gasteiger partial charge in [0.1, 0.15) is 29.8 Å². The number of anilines is 2. The number of amides is 1. The van der Waals surface area contributed by atoms with E-state index in [0.717, 1.165) is 5.69 Å². The van der Waals surface area contributed by atoms with Gasteiger partial charge in [-0.15, -0.1) is 6.58 Å². The summed E-state index contributed by atoms with van der Waals surface area (Å²) in [5.74, 6) is 1.19. The second kappa shape index (κ2) is 9.47. The van der Waals surface area contributed by atoms with Gasteiger partial charge in [0.15, 0.2) is 11.6 Å². The summed E-state index contributed by atoms with van der Waals surface area (Å²) in [6.07, 6.45) is 2.45. The highest BCUT2D eigenvalue weighted by Gasteiger charge is 2.35. The molecule has 0 unspecified atom stereocenters. The number of ether oxygens (including phenoxy) is 2. The van der Waals surface area contributed by atoms with Gasteiger partial charge in [-0.1, -0.05) is 19.1 Å². The molecule has 0 spiro atoms. The highest BCUT2D eigenvalue weighted by atomic mass is 19.1. The molecule has 1 amide bonds. The molecule has 1 saturated heterocycles. The van der Waals surface area contributed by atoms with Crippen molar-refractivity contribution in [1.29, 1.82) is 0 Å². The maximum Gasteiger partial charge on any atom is 0.270 e. The molecule has 33 heavy (non-hydrogen) atoms. The lowest BCUT2D eigenvalue weighted by Gasteiger charge is -2.35. The van der Waals surface area contributed by atoms with E-state index in [-0.39, 0.29) is 17.8 Å². The van der Waals surface area contributed by atoms with E-state index in [4.69, 9.17) is 9.47 Å². The molecular weight excluding hydrogens is 425 g/mol. The molecule has 1 aromatic carbocycles. The molecular formula is C25H32FN3O4. The Bertz CT molecular complexity index is 1010. The maximum absolute atomic E-state index is 14.5. The minimum Gasteiger partial charge on any atom is -0.507 e. The third-order valence-electron chi connectivity index (χ3n) is 6.61. The number of carbonyl (C=O) groups is 1. The highest BCUT2D eigenvalue weighted by molar-refractivity contribution is 5.94. The Kier molecular flexibility index (Phi) is 6.65. The van der Waals surface area contributed by atoms with Crippen molar-refractivity contribution >= 4 is 17.4 Å². The predicted octanol–water partition coefficient (Wildman–Crippen LogP) is 4.87. The van der Waals surface area contributed by atoms with Crippen LogP contribution in [0.15, 0.2) is 36.9 Å². The summed E-state index contributed by atoms with van der Waals surface area (Å²) in [4.78, 5) is 19.9. The van der Waals surface area contributed by atoms with Gasteiger partial charge in [0.2, 0.25) is 0 Å². The standard InChI is InChI=1S/C25H32FN3O4/c1-4-21(32-6-3)18-8-7-17(15-20(18)30)29-13-14-33-22-16-19(27-23(22)29)24(31)28-11-9-25(26,5-2)10-12-28/h4,7-8,15-16,21,27,30H,1,5-6,9-14H2,2-3H3/t21-/m0/s1. The van der Waals surface area contributed by atoms with Gasteiger partial charge >= 0.3 is 0 Å². The third kappa shape index (κ3) is 4.57. The van der Waals surface area contributed by atoms with Gasteiger partial charge in [-0.2, -0.15) is 0 Å². The monoisotopic (exact) mass is 457 g/mol. The molecule has 0 saturated carbocycles. The van der Waals surface area contributed by atoms with Gasteiger partial charge < -0.3 is 29.4 Å². The summed E-state index contributed by atoms with van der Waals surface area (Å²) in [7, 11) is 0. The maximum atomic E-state index is 14.5. The lowest BCUT2D eigenvalue weighted by Crippen LogP contribution is -2.44. The molecule has 1 atom stereocenters. The van der Waals surface area contributed by atoms with E-state index in [1.54, 1.807) is 23.1 Å². The summed E-state index contributed by atoms with van der Waals surface area (Å²) in [5, 5.41) is 10.6. The number of aromatic amines is 1. The number of hydrogen-bond donors (Lipinski definition) is 2. The first kappa shape index (κ1) is 23.2. The first-order valence-corrected chi connectivity index (χ1v) is 11.6. The van der Waals surface area contributed by atoms with Gasteiger partial charge in [-0.25, -0.2) is 4.39 Å². The van der Waals surface area contributed by atoms with Crippen molar-refractivity contribution in [1.82, 2.24) is 9.88 Å². The number of benzene rings is 1. The second-order valence-electron chi connectivity index (χ2n) is 8.55. The zero-order valence-electron chi connectivity index (χ0n) is 19.3. The number of H-pyrrole nitrogens is 1. The summed E-state index contributed by atoms with van der Waals surface area (Å²) >= 11 is 0. The van der Waals surface area contributed by atoms with Crippen LogP contribution in [-0.2, 0) is 4.74 Å². The average molecular weight is 458 g/mol. The zero-order chi connectivity index (χ0) is 23.6. The van der Waals surface area contributed by atoms with Gasteiger partial charge in [0.05, 0.1) is 6.54 Å². The zero-order valence-corrected chi connectivity index (χ0v) is 19.3. The van der Waals surface area contributed by atoms with Gasteiger partial charge in [0.25, 0.3) is 5.91 Å². The van der Waals surface area contributed by atoms with Crippen molar-refractivity contribution < 1.29 is 23.8 Å². The number of fused-ring (bicyclic) bond motifs is 1. The van der Waals surface area contributed by atoms with Crippen LogP contribution in [0.25, 0.3) is 0 Å².